The van der Waals surface area contributed by atoms with Gasteiger partial charge in [-0.3, -0.25) is 4.99 Å². The molecule has 1 aromatic rings. The summed E-state index contributed by atoms with van der Waals surface area (Å²) in [6, 6.07) is 6.85. The first-order valence-corrected chi connectivity index (χ1v) is 8.32. The Labute approximate surface area is 161 Å². The Hall–Kier alpha value is -1.36. The lowest BCUT2D eigenvalue weighted by Crippen LogP contribution is -2.45. The second-order valence-electron chi connectivity index (χ2n) is 6.13. The number of halogens is 2. The molecule has 1 aromatic carbocycles. The molecule has 24 heavy (non-hydrogen) atoms. The van der Waals surface area contributed by atoms with Crippen LogP contribution in [-0.2, 0) is 6.54 Å². The summed E-state index contributed by atoms with van der Waals surface area (Å²) >= 11 is 0. The lowest BCUT2D eigenvalue weighted by Gasteiger charge is -2.30. The van der Waals surface area contributed by atoms with Crippen LogP contribution in [0.2, 0.25) is 0 Å². The highest BCUT2D eigenvalue weighted by Crippen LogP contribution is 2.26. The third-order valence-corrected chi connectivity index (χ3v) is 4.55. The highest BCUT2D eigenvalue weighted by atomic mass is 127. The number of hydrogen-bond donors (Lipinski definition) is 2. The maximum absolute atomic E-state index is 13.8. The molecule has 0 aromatic heterocycles. The molecular weight excluding hydrogens is 418 g/mol. The van der Waals surface area contributed by atoms with Gasteiger partial charge in [0, 0.05) is 25.2 Å². The molecule has 6 heteroatoms. The van der Waals surface area contributed by atoms with Crippen molar-refractivity contribution in [3.63, 3.8) is 0 Å². The van der Waals surface area contributed by atoms with Gasteiger partial charge in [-0.05, 0) is 37.0 Å². The average Bonchev–Trinajstić information content (AvgIpc) is 2.59. The summed E-state index contributed by atoms with van der Waals surface area (Å²) in [4.78, 5) is 4.23. The number of guanidine groups is 1. The summed E-state index contributed by atoms with van der Waals surface area (Å²) in [7, 11) is 1.72. The topological polar surface area (TPSA) is 60.2 Å². The van der Waals surface area contributed by atoms with Crippen LogP contribution in [0, 0.1) is 23.1 Å². The normalized spacial score (nSPS) is 20.7. The third kappa shape index (κ3) is 5.93. The van der Waals surface area contributed by atoms with Crippen molar-refractivity contribution in [2.75, 3.05) is 7.05 Å². The van der Waals surface area contributed by atoms with E-state index in [0.29, 0.717) is 29.7 Å². The molecule has 1 saturated carbocycles. The van der Waals surface area contributed by atoms with Crippen molar-refractivity contribution in [1.82, 2.24) is 10.6 Å². The Balaban J connectivity index is 0.00000288. The first kappa shape index (κ1) is 20.7. The van der Waals surface area contributed by atoms with Gasteiger partial charge in [-0.25, -0.2) is 4.39 Å². The Bertz CT molecular complexity index is 597. The number of benzene rings is 1. The van der Waals surface area contributed by atoms with Gasteiger partial charge in [-0.1, -0.05) is 26.2 Å². The number of nitrogens with zero attached hydrogens (tertiary/aromatic N) is 2. The van der Waals surface area contributed by atoms with Crippen molar-refractivity contribution in [2.45, 2.75) is 51.6 Å². The van der Waals surface area contributed by atoms with Crippen LogP contribution < -0.4 is 10.6 Å². The minimum absolute atomic E-state index is 0. The lowest BCUT2D eigenvalue weighted by atomic mass is 9.84. The molecule has 1 aliphatic rings. The van der Waals surface area contributed by atoms with Crippen LogP contribution in [-0.4, -0.2) is 19.0 Å². The molecule has 0 spiro atoms. The third-order valence-electron chi connectivity index (χ3n) is 4.55. The molecule has 0 bridgehead atoms. The molecule has 0 heterocycles. The summed E-state index contributed by atoms with van der Waals surface area (Å²) in [5.74, 6) is 1.16. The molecule has 0 radical (unpaired) electrons. The van der Waals surface area contributed by atoms with Crippen molar-refractivity contribution in [2.24, 2.45) is 10.9 Å². The van der Waals surface area contributed by atoms with E-state index in [1.165, 1.54) is 31.4 Å². The Kier molecular flexibility index (Phi) is 9.04. The van der Waals surface area contributed by atoms with Gasteiger partial charge in [0.2, 0.25) is 0 Å². The van der Waals surface area contributed by atoms with E-state index in [1.807, 2.05) is 6.07 Å². The summed E-state index contributed by atoms with van der Waals surface area (Å²) in [5.41, 5.74) is 0.936. The van der Waals surface area contributed by atoms with E-state index in [-0.39, 0.29) is 29.8 Å². The van der Waals surface area contributed by atoms with Crippen molar-refractivity contribution in [3.8, 4) is 6.07 Å². The number of nitriles is 1. The second kappa shape index (κ2) is 10.5. The van der Waals surface area contributed by atoms with Crippen LogP contribution in [0.25, 0.3) is 0 Å². The molecule has 1 fully saturated rings. The van der Waals surface area contributed by atoms with E-state index in [2.05, 4.69) is 22.5 Å². The van der Waals surface area contributed by atoms with Gasteiger partial charge in [0.1, 0.15) is 5.82 Å². The fourth-order valence-electron chi connectivity index (χ4n) is 3.14. The molecule has 132 valence electrons. The maximum Gasteiger partial charge on any atom is 0.191 e. The fraction of sp³-hybridized carbons (Fsp3) is 0.556. The monoisotopic (exact) mass is 444 g/mol. The SMILES string of the molecule is CCC1CCCC(NC(=NC)NCc2cc(C#N)ccc2F)C1.I. The maximum atomic E-state index is 13.8. The van der Waals surface area contributed by atoms with E-state index < -0.39 is 0 Å². The van der Waals surface area contributed by atoms with Crippen LogP contribution in [0.3, 0.4) is 0 Å². The number of nitrogens with one attached hydrogen (secondary N) is 2. The zero-order valence-electron chi connectivity index (χ0n) is 14.3. The zero-order chi connectivity index (χ0) is 16.7. The molecule has 2 rings (SSSR count). The van der Waals surface area contributed by atoms with E-state index in [9.17, 15) is 4.39 Å². The fourth-order valence-corrected chi connectivity index (χ4v) is 3.14. The molecule has 0 amide bonds. The van der Waals surface area contributed by atoms with E-state index >= 15 is 0 Å². The average molecular weight is 444 g/mol. The predicted molar refractivity (Wildman–Crippen MR) is 106 cm³/mol. The summed E-state index contributed by atoms with van der Waals surface area (Å²) in [5, 5.41) is 15.5. The van der Waals surface area contributed by atoms with Gasteiger partial charge >= 0.3 is 0 Å². The van der Waals surface area contributed by atoms with E-state index in [1.54, 1.807) is 13.1 Å². The van der Waals surface area contributed by atoms with Gasteiger partial charge in [-0.15, -0.1) is 24.0 Å². The molecule has 2 N–H and O–H groups in total. The van der Waals surface area contributed by atoms with Crippen molar-refractivity contribution in [3.05, 3.63) is 35.1 Å². The zero-order valence-corrected chi connectivity index (χ0v) is 16.6. The minimum atomic E-state index is -0.310. The number of aliphatic imine (C=N–C) groups is 1. The number of hydrogen-bond acceptors (Lipinski definition) is 2. The highest BCUT2D eigenvalue weighted by molar-refractivity contribution is 14.0. The first-order chi connectivity index (χ1) is 11.2. The van der Waals surface area contributed by atoms with E-state index in [0.717, 1.165) is 18.8 Å². The molecule has 1 aliphatic carbocycles. The van der Waals surface area contributed by atoms with Gasteiger partial charge in [0.15, 0.2) is 5.96 Å². The van der Waals surface area contributed by atoms with Crippen LogP contribution in [0.1, 0.15) is 50.2 Å². The van der Waals surface area contributed by atoms with Gasteiger partial charge in [-0.2, -0.15) is 5.26 Å². The summed E-state index contributed by atoms with van der Waals surface area (Å²) in [6.45, 7) is 2.55. The van der Waals surface area contributed by atoms with Gasteiger partial charge in [0.05, 0.1) is 11.6 Å². The van der Waals surface area contributed by atoms with Crippen LogP contribution in [0.4, 0.5) is 4.39 Å². The molecule has 0 aliphatic heterocycles. The summed E-state index contributed by atoms with van der Waals surface area (Å²) in [6.07, 6.45) is 6.08. The van der Waals surface area contributed by atoms with Gasteiger partial charge in [0.25, 0.3) is 0 Å². The first-order valence-electron chi connectivity index (χ1n) is 8.32. The van der Waals surface area contributed by atoms with E-state index in [4.69, 9.17) is 5.26 Å². The quantitative estimate of drug-likeness (QED) is 0.420. The highest BCUT2D eigenvalue weighted by Gasteiger charge is 2.21. The van der Waals surface area contributed by atoms with Crippen molar-refractivity contribution >= 4 is 29.9 Å². The van der Waals surface area contributed by atoms with Crippen LogP contribution in [0.15, 0.2) is 23.2 Å². The smallest absolute Gasteiger partial charge is 0.191 e. The standard InChI is InChI=1S/C18H25FN4.HI/c1-3-13-5-4-6-16(10-13)23-18(21-2)22-12-15-9-14(11-20)7-8-17(15)19;/h7-9,13,16H,3-6,10,12H2,1-2H3,(H2,21,22,23);1H. The minimum Gasteiger partial charge on any atom is -0.354 e. The molecule has 2 unspecified atom stereocenters. The summed E-state index contributed by atoms with van der Waals surface area (Å²) < 4.78 is 13.8. The molecule has 2 atom stereocenters. The number of rotatable bonds is 4. The molecule has 4 nitrogen and oxygen atoms in total. The van der Waals surface area contributed by atoms with Crippen molar-refractivity contribution < 1.29 is 4.39 Å². The predicted octanol–water partition coefficient (Wildman–Crippen LogP) is 3.95. The van der Waals surface area contributed by atoms with Crippen LogP contribution >= 0.6 is 24.0 Å². The Morgan fingerprint density at radius 1 is 1.42 bits per heavy atom. The van der Waals surface area contributed by atoms with Crippen molar-refractivity contribution in [1.29, 1.82) is 5.26 Å². The Morgan fingerprint density at radius 2 is 2.21 bits per heavy atom. The lowest BCUT2D eigenvalue weighted by molar-refractivity contribution is 0.298. The Morgan fingerprint density at radius 3 is 2.88 bits per heavy atom. The molecule has 0 saturated heterocycles. The van der Waals surface area contributed by atoms with Crippen LogP contribution in [0.5, 0.6) is 0 Å². The van der Waals surface area contributed by atoms with Gasteiger partial charge < -0.3 is 10.6 Å². The largest absolute Gasteiger partial charge is 0.354 e. The molecular formula is C18H26FIN4. The second-order valence-corrected chi connectivity index (χ2v) is 6.13.